The first kappa shape index (κ1) is 19.5. The summed E-state index contributed by atoms with van der Waals surface area (Å²) in [5.74, 6) is 1.25. The predicted octanol–water partition coefficient (Wildman–Crippen LogP) is 2.33. The fraction of sp³-hybridized carbons (Fsp3) is 0.250. The maximum Gasteiger partial charge on any atom is 0.534 e. The average molecular weight is 386 g/mol. The molecule has 0 bridgehead atoms. The third-order valence-corrected chi connectivity index (χ3v) is 4.28. The van der Waals surface area contributed by atoms with Crippen LogP contribution in [0.15, 0.2) is 35.1 Å². The van der Waals surface area contributed by atoms with Crippen LogP contribution >= 0.6 is 0 Å². The number of halogens is 3. The van der Waals surface area contributed by atoms with E-state index in [0.29, 0.717) is 5.56 Å². The molecule has 0 atom stereocenters. The number of hydrogen-bond donors (Lipinski definition) is 0. The van der Waals surface area contributed by atoms with Crippen LogP contribution in [0.1, 0.15) is 12.5 Å². The van der Waals surface area contributed by atoms with Gasteiger partial charge in [-0.1, -0.05) is 43.2 Å². The highest BCUT2D eigenvalue weighted by Crippen LogP contribution is 2.28. The molecule has 26 heavy (non-hydrogen) atoms. The van der Waals surface area contributed by atoms with Gasteiger partial charge in [0.15, 0.2) is 0 Å². The fourth-order valence-corrected chi connectivity index (χ4v) is 2.58. The normalized spacial score (nSPS) is 11.8. The lowest BCUT2D eigenvalue weighted by Gasteiger charge is -2.16. The number of alkyl halides is 3. The van der Waals surface area contributed by atoms with Crippen molar-refractivity contribution in [2.75, 3.05) is 0 Å². The molecule has 2 aromatic rings. The van der Waals surface area contributed by atoms with Crippen molar-refractivity contribution < 1.29 is 25.8 Å². The topological polar surface area (TPSA) is 78.3 Å². The molecular weight excluding hydrogens is 373 g/mol. The van der Waals surface area contributed by atoms with E-state index in [9.17, 15) is 26.4 Å². The van der Waals surface area contributed by atoms with Crippen LogP contribution in [-0.2, 0) is 23.1 Å². The van der Waals surface area contributed by atoms with E-state index in [2.05, 4.69) is 15.1 Å². The SMILES string of the molecule is C#CCn1c(-c2ccccc2)nc(OS(=O)(=O)C(F)(F)F)c(CC)c1=O. The van der Waals surface area contributed by atoms with Crippen molar-refractivity contribution >= 4 is 10.1 Å². The van der Waals surface area contributed by atoms with Crippen LogP contribution in [0.25, 0.3) is 11.4 Å². The van der Waals surface area contributed by atoms with Gasteiger partial charge in [-0.25, -0.2) is 0 Å². The molecule has 10 heteroatoms. The quantitative estimate of drug-likeness (QED) is 0.448. The van der Waals surface area contributed by atoms with E-state index in [1.807, 2.05) is 0 Å². The van der Waals surface area contributed by atoms with E-state index in [0.717, 1.165) is 4.57 Å². The third-order valence-electron chi connectivity index (χ3n) is 3.33. The summed E-state index contributed by atoms with van der Waals surface area (Å²) >= 11 is 0. The lowest BCUT2D eigenvalue weighted by molar-refractivity contribution is -0.0501. The highest BCUT2D eigenvalue weighted by Gasteiger charge is 2.49. The molecule has 6 nitrogen and oxygen atoms in total. The number of rotatable bonds is 5. The molecule has 0 aliphatic heterocycles. The van der Waals surface area contributed by atoms with Crippen LogP contribution in [0.5, 0.6) is 5.88 Å². The average Bonchev–Trinajstić information content (AvgIpc) is 2.57. The standard InChI is InChI=1S/C16H13F3N2O4S/c1-3-10-21-13(11-8-6-5-7-9-11)20-14(12(4-2)15(21)22)25-26(23,24)16(17,18)19/h1,5-9H,4,10H2,2H3. The van der Waals surface area contributed by atoms with Gasteiger partial charge in [-0.15, -0.1) is 6.42 Å². The van der Waals surface area contributed by atoms with Gasteiger partial charge in [0, 0.05) is 5.56 Å². The van der Waals surface area contributed by atoms with Gasteiger partial charge in [0.05, 0.1) is 12.1 Å². The number of nitrogens with zero attached hydrogens (tertiary/aromatic N) is 2. The molecule has 1 aromatic heterocycles. The van der Waals surface area contributed by atoms with Gasteiger partial charge in [0.1, 0.15) is 5.82 Å². The second-order valence-corrected chi connectivity index (χ2v) is 6.56. The molecule has 0 saturated heterocycles. The van der Waals surface area contributed by atoms with E-state index in [1.165, 1.54) is 6.92 Å². The lowest BCUT2D eigenvalue weighted by Crippen LogP contribution is -2.32. The van der Waals surface area contributed by atoms with Crippen molar-refractivity contribution in [3.63, 3.8) is 0 Å². The van der Waals surface area contributed by atoms with Crippen molar-refractivity contribution in [2.45, 2.75) is 25.4 Å². The largest absolute Gasteiger partial charge is 0.534 e. The van der Waals surface area contributed by atoms with E-state index in [-0.39, 0.29) is 24.4 Å². The van der Waals surface area contributed by atoms with Gasteiger partial charge < -0.3 is 4.18 Å². The summed E-state index contributed by atoms with van der Waals surface area (Å²) in [5.41, 5.74) is -6.39. The smallest absolute Gasteiger partial charge is 0.355 e. The Morgan fingerprint density at radius 1 is 1.27 bits per heavy atom. The summed E-state index contributed by atoms with van der Waals surface area (Å²) in [4.78, 5) is 16.5. The Kier molecular flexibility index (Phi) is 5.41. The summed E-state index contributed by atoms with van der Waals surface area (Å²) < 4.78 is 65.8. The van der Waals surface area contributed by atoms with Crippen molar-refractivity contribution in [1.29, 1.82) is 0 Å². The highest BCUT2D eigenvalue weighted by atomic mass is 32.2. The molecule has 0 saturated carbocycles. The van der Waals surface area contributed by atoms with E-state index >= 15 is 0 Å². The van der Waals surface area contributed by atoms with E-state index in [4.69, 9.17) is 6.42 Å². The minimum absolute atomic E-state index is 0.0990. The molecule has 1 heterocycles. The second-order valence-electron chi connectivity index (χ2n) is 5.02. The minimum atomic E-state index is -5.98. The van der Waals surface area contributed by atoms with Crippen LogP contribution in [0.2, 0.25) is 0 Å². The van der Waals surface area contributed by atoms with Crippen LogP contribution in [0.3, 0.4) is 0 Å². The number of aromatic nitrogens is 2. The molecular formula is C16H13F3N2O4S. The first-order valence-electron chi connectivity index (χ1n) is 7.25. The Hall–Kier alpha value is -2.80. The van der Waals surface area contributed by atoms with E-state index in [1.54, 1.807) is 30.3 Å². The predicted molar refractivity (Wildman–Crippen MR) is 87.7 cm³/mol. The Bertz CT molecular complexity index is 1010. The molecule has 0 aliphatic carbocycles. The molecule has 0 aliphatic rings. The van der Waals surface area contributed by atoms with Gasteiger partial charge in [0.2, 0.25) is 5.88 Å². The highest BCUT2D eigenvalue weighted by molar-refractivity contribution is 7.87. The van der Waals surface area contributed by atoms with Gasteiger partial charge in [-0.2, -0.15) is 26.6 Å². The number of hydrogen-bond acceptors (Lipinski definition) is 5. The third kappa shape index (κ3) is 3.72. The zero-order valence-corrected chi connectivity index (χ0v) is 14.3. The maximum absolute atomic E-state index is 12.6. The fourth-order valence-electron chi connectivity index (χ4n) is 2.14. The Labute approximate surface area is 147 Å². The summed E-state index contributed by atoms with van der Waals surface area (Å²) in [6, 6.07) is 7.99. The summed E-state index contributed by atoms with van der Waals surface area (Å²) in [7, 11) is -5.98. The summed E-state index contributed by atoms with van der Waals surface area (Å²) in [5, 5.41) is 0. The second kappa shape index (κ2) is 7.21. The summed E-state index contributed by atoms with van der Waals surface area (Å²) in [6.45, 7) is 1.25. The molecule has 0 unspecified atom stereocenters. The van der Waals surface area contributed by atoms with Crippen LogP contribution in [0.4, 0.5) is 13.2 Å². The van der Waals surface area contributed by atoms with Crippen LogP contribution in [-0.4, -0.2) is 23.5 Å². The summed E-state index contributed by atoms with van der Waals surface area (Å²) in [6.07, 6.45) is 5.15. The maximum atomic E-state index is 12.6. The Balaban J connectivity index is 2.76. The van der Waals surface area contributed by atoms with E-state index < -0.39 is 27.1 Å². The Morgan fingerprint density at radius 2 is 1.88 bits per heavy atom. The number of benzene rings is 1. The van der Waals surface area contributed by atoms with Crippen molar-refractivity contribution in [2.24, 2.45) is 0 Å². The minimum Gasteiger partial charge on any atom is -0.355 e. The molecule has 0 fully saturated rings. The van der Waals surface area contributed by atoms with Crippen LogP contribution in [0, 0.1) is 12.3 Å². The molecule has 1 aromatic carbocycles. The van der Waals surface area contributed by atoms with Gasteiger partial charge >= 0.3 is 15.6 Å². The van der Waals surface area contributed by atoms with Crippen molar-refractivity contribution in [1.82, 2.24) is 9.55 Å². The monoisotopic (exact) mass is 386 g/mol. The first-order valence-corrected chi connectivity index (χ1v) is 8.66. The zero-order chi connectivity index (χ0) is 19.5. The van der Waals surface area contributed by atoms with Crippen LogP contribution < -0.4 is 9.74 Å². The van der Waals surface area contributed by atoms with Gasteiger partial charge in [-0.3, -0.25) is 9.36 Å². The van der Waals surface area contributed by atoms with Gasteiger partial charge in [-0.05, 0) is 6.42 Å². The molecule has 0 spiro atoms. The molecule has 0 amide bonds. The molecule has 0 N–H and O–H groups in total. The van der Waals surface area contributed by atoms with Gasteiger partial charge in [0.25, 0.3) is 5.56 Å². The molecule has 0 radical (unpaired) electrons. The van der Waals surface area contributed by atoms with Crippen molar-refractivity contribution in [3.05, 3.63) is 46.2 Å². The Morgan fingerprint density at radius 3 is 2.38 bits per heavy atom. The van der Waals surface area contributed by atoms with Crippen molar-refractivity contribution in [3.8, 4) is 29.6 Å². The first-order chi connectivity index (χ1) is 12.1. The molecule has 138 valence electrons. The number of terminal acetylenes is 1. The lowest BCUT2D eigenvalue weighted by atomic mass is 10.2. The zero-order valence-electron chi connectivity index (χ0n) is 13.4. The molecule has 2 rings (SSSR count).